The van der Waals surface area contributed by atoms with Crippen molar-refractivity contribution in [2.45, 2.75) is 19.8 Å². The smallest absolute Gasteiger partial charge is 0.336 e. The maximum Gasteiger partial charge on any atom is 0.336 e. The van der Waals surface area contributed by atoms with E-state index in [0.29, 0.717) is 17.0 Å². The minimum Gasteiger partial charge on any atom is -0.466 e. The third kappa shape index (κ3) is 4.14. The molecule has 1 aromatic rings. The molecule has 0 radical (unpaired) electrons. The molecule has 0 saturated carbocycles. The van der Waals surface area contributed by atoms with Gasteiger partial charge in [0.15, 0.2) is 0 Å². The minimum absolute atomic E-state index is 0.120. The molecular formula is C18H20N2O7. The molecule has 1 heterocycles. The van der Waals surface area contributed by atoms with Gasteiger partial charge in [-0.2, -0.15) is 0 Å². The second-order valence-corrected chi connectivity index (χ2v) is 5.84. The van der Waals surface area contributed by atoms with Gasteiger partial charge in [0.25, 0.3) is 5.69 Å². The van der Waals surface area contributed by atoms with Gasteiger partial charge in [0.2, 0.25) is 0 Å². The Hall–Kier alpha value is -3.20. The molecule has 0 aromatic heterocycles. The molecule has 2 rings (SSSR count). The van der Waals surface area contributed by atoms with Crippen molar-refractivity contribution in [2.75, 3.05) is 20.3 Å². The number of non-ortho nitro benzene ring substituents is 1. The van der Waals surface area contributed by atoms with Gasteiger partial charge in [0.1, 0.15) is 6.61 Å². The zero-order chi connectivity index (χ0) is 20.1. The van der Waals surface area contributed by atoms with Crippen LogP contribution >= 0.6 is 0 Å². The van der Waals surface area contributed by atoms with Crippen LogP contribution in [0.15, 0.2) is 46.8 Å². The fourth-order valence-corrected chi connectivity index (χ4v) is 3.01. The summed E-state index contributed by atoms with van der Waals surface area (Å²) in [7, 11) is 1.21. The molecular weight excluding hydrogens is 356 g/mol. The van der Waals surface area contributed by atoms with Crippen LogP contribution in [0.4, 0.5) is 5.69 Å². The van der Waals surface area contributed by atoms with Gasteiger partial charge in [0, 0.05) is 23.5 Å². The van der Waals surface area contributed by atoms with Crippen LogP contribution in [-0.2, 0) is 19.1 Å². The Kier molecular flexibility index (Phi) is 6.30. The second-order valence-electron chi connectivity index (χ2n) is 5.84. The van der Waals surface area contributed by atoms with E-state index in [1.165, 1.54) is 25.3 Å². The lowest BCUT2D eigenvalue weighted by Crippen LogP contribution is -2.32. The van der Waals surface area contributed by atoms with Crippen LogP contribution < -0.4 is 5.32 Å². The summed E-state index contributed by atoms with van der Waals surface area (Å²) in [6, 6.07) is 5.69. The average Bonchev–Trinajstić information content (AvgIpc) is 2.64. The number of methoxy groups -OCH3 is 1. The van der Waals surface area contributed by atoms with Crippen molar-refractivity contribution < 1.29 is 29.1 Å². The summed E-state index contributed by atoms with van der Waals surface area (Å²) in [5.74, 6) is -2.32. The molecule has 0 aliphatic carbocycles. The molecule has 2 N–H and O–H groups in total. The number of ether oxygens (including phenoxy) is 2. The number of nitrogens with one attached hydrogen (secondary N) is 1. The highest BCUT2D eigenvalue weighted by Gasteiger charge is 2.38. The maximum absolute atomic E-state index is 12.6. The molecule has 1 aromatic carbocycles. The highest BCUT2D eigenvalue weighted by Crippen LogP contribution is 2.40. The predicted molar refractivity (Wildman–Crippen MR) is 94.4 cm³/mol. The summed E-state index contributed by atoms with van der Waals surface area (Å²) in [5, 5.41) is 23.0. The Morgan fingerprint density at radius 1 is 1.22 bits per heavy atom. The van der Waals surface area contributed by atoms with E-state index in [-0.39, 0.29) is 30.0 Å². The topological polar surface area (TPSA) is 128 Å². The zero-order valence-corrected chi connectivity index (χ0v) is 15.1. The Morgan fingerprint density at radius 3 is 2.41 bits per heavy atom. The van der Waals surface area contributed by atoms with Crippen molar-refractivity contribution in [1.82, 2.24) is 5.32 Å². The Labute approximate surface area is 155 Å². The lowest BCUT2D eigenvalue weighted by molar-refractivity contribution is -0.384. The number of hydrogen-bond acceptors (Lipinski definition) is 8. The van der Waals surface area contributed by atoms with Crippen LogP contribution in [-0.4, -0.2) is 42.3 Å². The third-order valence-electron chi connectivity index (χ3n) is 4.12. The number of nitro benzene ring substituents is 1. The van der Waals surface area contributed by atoms with E-state index in [0.717, 1.165) is 0 Å². The molecule has 0 saturated heterocycles. The number of dihydropyridines is 1. The van der Waals surface area contributed by atoms with E-state index in [4.69, 9.17) is 14.6 Å². The van der Waals surface area contributed by atoms with Gasteiger partial charge in [-0.15, -0.1) is 0 Å². The number of carbonyl (C=O) groups is 2. The van der Waals surface area contributed by atoms with Gasteiger partial charge in [-0.05, 0) is 19.4 Å². The van der Waals surface area contributed by atoms with Crippen molar-refractivity contribution in [2.24, 2.45) is 0 Å². The molecule has 9 heteroatoms. The summed E-state index contributed by atoms with van der Waals surface area (Å²) in [6.45, 7) is 2.71. The van der Waals surface area contributed by atoms with Gasteiger partial charge >= 0.3 is 11.9 Å². The first-order chi connectivity index (χ1) is 12.8. The zero-order valence-electron chi connectivity index (χ0n) is 15.1. The molecule has 9 nitrogen and oxygen atoms in total. The van der Waals surface area contributed by atoms with Crippen LogP contribution in [0.5, 0.6) is 0 Å². The number of esters is 2. The maximum atomic E-state index is 12.6. The number of nitrogens with zero attached hydrogens (tertiary/aromatic N) is 1. The molecule has 27 heavy (non-hydrogen) atoms. The summed E-state index contributed by atoms with van der Waals surface area (Å²) < 4.78 is 9.88. The number of aliphatic hydroxyl groups excluding tert-OH is 1. The molecule has 1 aliphatic heterocycles. The number of nitro groups is 1. The van der Waals surface area contributed by atoms with Crippen LogP contribution in [0.25, 0.3) is 0 Å². The summed E-state index contributed by atoms with van der Waals surface area (Å²) >= 11 is 0. The number of carbonyl (C=O) groups excluding carboxylic acids is 2. The Morgan fingerprint density at radius 2 is 1.85 bits per heavy atom. The van der Waals surface area contributed by atoms with E-state index in [9.17, 15) is 19.7 Å². The van der Waals surface area contributed by atoms with E-state index in [1.807, 2.05) is 0 Å². The van der Waals surface area contributed by atoms with Gasteiger partial charge in [-0.1, -0.05) is 12.1 Å². The molecule has 144 valence electrons. The van der Waals surface area contributed by atoms with Crippen molar-refractivity contribution in [3.8, 4) is 0 Å². The Balaban J connectivity index is 2.65. The largest absolute Gasteiger partial charge is 0.466 e. The average molecular weight is 376 g/mol. The van der Waals surface area contributed by atoms with Gasteiger partial charge in [-0.3, -0.25) is 10.1 Å². The van der Waals surface area contributed by atoms with Crippen molar-refractivity contribution in [3.05, 3.63) is 62.5 Å². The lowest BCUT2D eigenvalue weighted by Gasteiger charge is -2.30. The number of hydrogen-bond donors (Lipinski definition) is 2. The van der Waals surface area contributed by atoms with E-state index >= 15 is 0 Å². The molecule has 0 fully saturated rings. The fourth-order valence-electron chi connectivity index (χ4n) is 3.01. The highest BCUT2D eigenvalue weighted by molar-refractivity contribution is 5.99. The first kappa shape index (κ1) is 20.1. The van der Waals surface area contributed by atoms with E-state index < -0.39 is 22.8 Å². The van der Waals surface area contributed by atoms with Crippen molar-refractivity contribution in [3.63, 3.8) is 0 Å². The number of rotatable bonds is 6. The Bertz CT molecular complexity index is 842. The van der Waals surface area contributed by atoms with Crippen LogP contribution in [0.2, 0.25) is 0 Å². The highest BCUT2D eigenvalue weighted by atomic mass is 16.6. The van der Waals surface area contributed by atoms with Gasteiger partial charge < -0.3 is 19.9 Å². The number of aliphatic hydroxyl groups is 1. The molecule has 0 bridgehead atoms. The molecule has 1 atom stereocenters. The fraction of sp³-hybridized carbons (Fsp3) is 0.333. The summed E-state index contributed by atoms with van der Waals surface area (Å²) in [4.78, 5) is 35.6. The van der Waals surface area contributed by atoms with Crippen LogP contribution in [0.3, 0.4) is 0 Å². The van der Waals surface area contributed by atoms with Crippen LogP contribution in [0, 0.1) is 10.1 Å². The van der Waals surface area contributed by atoms with Gasteiger partial charge in [0.05, 0.1) is 35.7 Å². The second kappa shape index (κ2) is 8.45. The molecule has 0 unspecified atom stereocenters. The normalized spacial score (nSPS) is 16.7. The summed E-state index contributed by atoms with van der Waals surface area (Å²) in [5.41, 5.74) is 1.39. The number of benzene rings is 1. The molecule has 0 spiro atoms. The molecule has 0 amide bonds. The third-order valence-corrected chi connectivity index (χ3v) is 4.12. The van der Waals surface area contributed by atoms with Crippen molar-refractivity contribution in [1.29, 1.82) is 0 Å². The first-order valence-electron chi connectivity index (χ1n) is 8.11. The number of allylic oxidation sites excluding steroid dienone is 2. The van der Waals surface area contributed by atoms with E-state index in [2.05, 4.69) is 5.32 Å². The minimum atomic E-state index is -0.912. The predicted octanol–water partition coefficient (Wildman–Crippen LogP) is 1.54. The standard InChI is InChI=1S/C18H20N2O7/c1-10-14(17(22)26-3)16(12-5-4-6-13(9-12)20(24)25)15(11(2)19-10)18(23)27-8-7-21/h4-6,9,16,19,21H,7-8H2,1-3H3/t16-/m0/s1. The summed E-state index contributed by atoms with van der Waals surface area (Å²) in [6.07, 6.45) is 0. The quantitative estimate of drug-likeness (QED) is 0.435. The lowest BCUT2D eigenvalue weighted by atomic mass is 9.80. The van der Waals surface area contributed by atoms with Gasteiger partial charge in [-0.25, -0.2) is 9.59 Å². The molecule has 1 aliphatic rings. The monoisotopic (exact) mass is 376 g/mol. The SMILES string of the molecule is COC(=O)C1=C(C)NC(C)=C(C(=O)OCCO)[C@H]1c1cccc([N+](=O)[O-])c1. The van der Waals surface area contributed by atoms with Crippen LogP contribution in [0.1, 0.15) is 25.3 Å². The van der Waals surface area contributed by atoms with E-state index in [1.54, 1.807) is 19.9 Å². The van der Waals surface area contributed by atoms with Crippen molar-refractivity contribution >= 4 is 17.6 Å². The first-order valence-corrected chi connectivity index (χ1v) is 8.11.